The maximum Gasteiger partial charge on any atom is 0.303 e. The van der Waals surface area contributed by atoms with Crippen LogP contribution in [0.1, 0.15) is 46.5 Å². The molecule has 1 fully saturated rings. The first-order valence-electron chi connectivity index (χ1n) is 5.98. The van der Waals surface area contributed by atoms with Gasteiger partial charge < -0.3 is 5.11 Å². The molecule has 0 bridgehead atoms. The van der Waals surface area contributed by atoms with Gasteiger partial charge in [0.1, 0.15) is 0 Å². The molecule has 0 spiro atoms. The molecule has 3 atom stereocenters. The zero-order valence-electron chi connectivity index (χ0n) is 10.1. The Morgan fingerprint density at radius 3 is 2.73 bits per heavy atom. The third-order valence-electron chi connectivity index (χ3n) is 3.53. The van der Waals surface area contributed by atoms with Gasteiger partial charge in [0.05, 0.1) is 0 Å². The van der Waals surface area contributed by atoms with Crippen LogP contribution in [-0.4, -0.2) is 34.6 Å². The van der Waals surface area contributed by atoms with E-state index >= 15 is 0 Å². The normalized spacial score (nSPS) is 30.1. The number of hydrogen-bond acceptors (Lipinski definition) is 2. The van der Waals surface area contributed by atoms with Gasteiger partial charge in [-0.25, -0.2) is 0 Å². The van der Waals surface area contributed by atoms with Gasteiger partial charge in [-0.3, -0.25) is 9.69 Å². The SMILES string of the molecule is CC1CCN(C(C)CCC(=O)O)C(C)C1. The fourth-order valence-electron chi connectivity index (χ4n) is 2.58. The molecule has 0 aromatic heterocycles. The molecule has 1 N–H and O–H groups in total. The minimum absolute atomic E-state index is 0.292. The van der Waals surface area contributed by atoms with Gasteiger partial charge in [0.15, 0.2) is 0 Å². The standard InChI is InChI=1S/C12H23NO2/c1-9-6-7-13(11(3)8-9)10(2)4-5-12(14)15/h9-11H,4-8H2,1-3H3,(H,14,15). The molecule has 1 rings (SSSR count). The number of aliphatic carboxylic acids is 1. The van der Waals surface area contributed by atoms with Gasteiger partial charge in [-0.1, -0.05) is 6.92 Å². The van der Waals surface area contributed by atoms with Crippen LogP contribution in [0.2, 0.25) is 0 Å². The second-order valence-corrected chi connectivity index (χ2v) is 5.00. The van der Waals surface area contributed by atoms with Crippen molar-refractivity contribution in [1.82, 2.24) is 4.90 Å². The predicted molar refractivity (Wildman–Crippen MR) is 60.9 cm³/mol. The van der Waals surface area contributed by atoms with Gasteiger partial charge in [0, 0.05) is 18.5 Å². The molecule has 15 heavy (non-hydrogen) atoms. The second-order valence-electron chi connectivity index (χ2n) is 5.00. The number of likely N-dealkylation sites (tertiary alicyclic amines) is 1. The maximum atomic E-state index is 10.5. The van der Waals surface area contributed by atoms with E-state index < -0.39 is 5.97 Å². The van der Waals surface area contributed by atoms with Crippen molar-refractivity contribution in [2.75, 3.05) is 6.54 Å². The summed E-state index contributed by atoms with van der Waals surface area (Å²) in [6.45, 7) is 7.83. The minimum atomic E-state index is -0.681. The topological polar surface area (TPSA) is 40.5 Å². The molecule has 1 aliphatic rings. The van der Waals surface area contributed by atoms with Crippen LogP contribution in [0.15, 0.2) is 0 Å². The zero-order valence-corrected chi connectivity index (χ0v) is 10.1. The molecule has 1 aliphatic heterocycles. The average Bonchev–Trinajstić information content (AvgIpc) is 2.14. The van der Waals surface area contributed by atoms with Crippen molar-refractivity contribution >= 4 is 5.97 Å². The summed E-state index contributed by atoms with van der Waals surface area (Å²) in [6, 6.07) is 1.01. The molecule has 0 aliphatic carbocycles. The highest BCUT2D eigenvalue weighted by Crippen LogP contribution is 2.25. The molecule has 3 heteroatoms. The summed E-state index contributed by atoms with van der Waals surface area (Å²) in [5.41, 5.74) is 0. The van der Waals surface area contributed by atoms with Crippen molar-refractivity contribution in [2.24, 2.45) is 5.92 Å². The van der Waals surface area contributed by atoms with Crippen LogP contribution in [0, 0.1) is 5.92 Å². The first-order valence-corrected chi connectivity index (χ1v) is 5.98. The quantitative estimate of drug-likeness (QED) is 0.779. The Morgan fingerprint density at radius 1 is 1.53 bits per heavy atom. The summed E-state index contributed by atoms with van der Waals surface area (Å²) >= 11 is 0. The van der Waals surface area contributed by atoms with Gasteiger partial charge in [0.2, 0.25) is 0 Å². The highest BCUT2D eigenvalue weighted by molar-refractivity contribution is 5.66. The van der Waals surface area contributed by atoms with Crippen LogP contribution in [0.3, 0.4) is 0 Å². The van der Waals surface area contributed by atoms with E-state index in [1.54, 1.807) is 0 Å². The predicted octanol–water partition coefficient (Wildman–Crippen LogP) is 2.36. The maximum absolute atomic E-state index is 10.5. The Morgan fingerprint density at radius 2 is 2.20 bits per heavy atom. The number of carboxylic acids is 1. The lowest BCUT2D eigenvalue weighted by molar-refractivity contribution is -0.137. The van der Waals surface area contributed by atoms with Crippen molar-refractivity contribution in [1.29, 1.82) is 0 Å². The highest BCUT2D eigenvalue weighted by Gasteiger charge is 2.26. The van der Waals surface area contributed by atoms with Crippen LogP contribution in [0.5, 0.6) is 0 Å². The van der Waals surface area contributed by atoms with Crippen LogP contribution in [-0.2, 0) is 4.79 Å². The van der Waals surface area contributed by atoms with E-state index in [9.17, 15) is 4.79 Å². The highest BCUT2D eigenvalue weighted by atomic mass is 16.4. The van der Waals surface area contributed by atoms with E-state index in [1.807, 2.05) is 0 Å². The van der Waals surface area contributed by atoms with Crippen LogP contribution in [0.25, 0.3) is 0 Å². The van der Waals surface area contributed by atoms with Crippen molar-refractivity contribution in [3.8, 4) is 0 Å². The van der Waals surface area contributed by atoms with E-state index in [0.717, 1.165) is 18.9 Å². The van der Waals surface area contributed by atoms with E-state index in [2.05, 4.69) is 25.7 Å². The Balaban J connectivity index is 2.38. The molecule has 88 valence electrons. The smallest absolute Gasteiger partial charge is 0.303 e. The molecule has 0 radical (unpaired) electrons. The average molecular weight is 213 g/mol. The summed E-state index contributed by atoms with van der Waals surface area (Å²) < 4.78 is 0. The van der Waals surface area contributed by atoms with Crippen LogP contribution in [0.4, 0.5) is 0 Å². The van der Waals surface area contributed by atoms with E-state index in [4.69, 9.17) is 5.11 Å². The van der Waals surface area contributed by atoms with Crippen molar-refractivity contribution < 1.29 is 9.90 Å². The first-order chi connectivity index (χ1) is 7.00. The van der Waals surface area contributed by atoms with E-state index in [0.29, 0.717) is 18.5 Å². The Hall–Kier alpha value is -0.570. The Bertz CT molecular complexity index is 218. The molecule has 0 aromatic carbocycles. The minimum Gasteiger partial charge on any atom is -0.481 e. The Labute approximate surface area is 92.5 Å². The van der Waals surface area contributed by atoms with Crippen molar-refractivity contribution in [3.05, 3.63) is 0 Å². The summed E-state index contributed by atoms with van der Waals surface area (Å²) in [5, 5.41) is 8.65. The fourth-order valence-corrected chi connectivity index (χ4v) is 2.58. The van der Waals surface area contributed by atoms with Crippen LogP contribution < -0.4 is 0 Å². The molecule has 3 nitrogen and oxygen atoms in total. The number of rotatable bonds is 4. The lowest BCUT2D eigenvalue weighted by atomic mass is 9.91. The number of hydrogen-bond donors (Lipinski definition) is 1. The number of carbonyl (C=O) groups is 1. The largest absolute Gasteiger partial charge is 0.481 e. The van der Waals surface area contributed by atoms with E-state index in [-0.39, 0.29) is 0 Å². The van der Waals surface area contributed by atoms with Gasteiger partial charge >= 0.3 is 5.97 Å². The van der Waals surface area contributed by atoms with E-state index in [1.165, 1.54) is 12.8 Å². The Kier molecular flexibility index (Phi) is 4.58. The number of piperidine rings is 1. The molecule has 0 aromatic rings. The van der Waals surface area contributed by atoms with Crippen LogP contribution >= 0.6 is 0 Å². The monoisotopic (exact) mass is 213 g/mol. The summed E-state index contributed by atoms with van der Waals surface area (Å²) in [5.74, 6) is 0.141. The van der Waals surface area contributed by atoms with Gasteiger partial charge in [-0.05, 0) is 45.6 Å². The zero-order chi connectivity index (χ0) is 11.4. The van der Waals surface area contributed by atoms with Crippen molar-refractivity contribution in [3.63, 3.8) is 0 Å². The third-order valence-corrected chi connectivity index (χ3v) is 3.53. The van der Waals surface area contributed by atoms with Gasteiger partial charge in [-0.15, -0.1) is 0 Å². The number of carboxylic acid groups (broad SMARTS) is 1. The summed E-state index contributed by atoms with van der Waals surface area (Å²) in [7, 11) is 0. The summed E-state index contributed by atoms with van der Waals surface area (Å²) in [6.07, 6.45) is 3.56. The molecular formula is C12H23NO2. The first kappa shape index (κ1) is 12.5. The third kappa shape index (κ3) is 3.82. The molecule has 1 heterocycles. The fraction of sp³-hybridized carbons (Fsp3) is 0.917. The van der Waals surface area contributed by atoms with Gasteiger partial charge in [-0.2, -0.15) is 0 Å². The lowest BCUT2D eigenvalue weighted by Gasteiger charge is -2.40. The lowest BCUT2D eigenvalue weighted by Crippen LogP contribution is -2.45. The number of nitrogens with zero attached hydrogens (tertiary/aromatic N) is 1. The molecule has 0 saturated carbocycles. The molecule has 3 unspecified atom stereocenters. The van der Waals surface area contributed by atoms with Gasteiger partial charge in [0.25, 0.3) is 0 Å². The molecular weight excluding hydrogens is 190 g/mol. The molecule has 0 amide bonds. The second kappa shape index (κ2) is 5.50. The van der Waals surface area contributed by atoms with Crippen molar-refractivity contribution in [2.45, 2.75) is 58.5 Å². The molecule has 1 saturated heterocycles. The summed E-state index contributed by atoms with van der Waals surface area (Å²) in [4.78, 5) is 13.0.